The highest BCUT2D eigenvalue weighted by Gasteiger charge is 2.36. The summed E-state index contributed by atoms with van der Waals surface area (Å²) in [5, 5.41) is 0. The predicted molar refractivity (Wildman–Crippen MR) is 106 cm³/mol. The van der Waals surface area contributed by atoms with E-state index in [-0.39, 0.29) is 18.3 Å². The highest BCUT2D eigenvalue weighted by Crippen LogP contribution is 2.39. The second-order valence-corrected chi connectivity index (χ2v) is 7.50. The smallest absolute Gasteiger partial charge is 0.419 e. The number of alkyl halides is 3. The summed E-state index contributed by atoms with van der Waals surface area (Å²) in [6.07, 6.45) is -0.855. The number of anilines is 1. The molecule has 0 saturated carbocycles. The molecule has 3 aromatic rings. The molecule has 0 amide bonds. The SMILES string of the molecule is Cc1ccc(COc2ncnc(N3CCCC3c3ccc(C(F)(F)F)c(F)c3)c2F)cn1. The summed E-state index contributed by atoms with van der Waals surface area (Å²) in [4.78, 5) is 13.6. The number of rotatable bonds is 5. The third kappa shape index (κ3) is 4.49. The van der Waals surface area contributed by atoms with Crippen molar-refractivity contribution in [1.29, 1.82) is 0 Å². The second-order valence-electron chi connectivity index (χ2n) is 7.50. The van der Waals surface area contributed by atoms with Crippen LogP contribution in [0.3, 0.4) is 0 Å². The fourth-order valence-corrected chi connectivity index (χ4v) is 3.72. The van der Waals surface area contributed by atoms with Crippen LogP contribution >= 0.6 is 0 Å². The molecule has 1 aromatic carbocycles. The molecule has 1 aliphatic heterocycles. The van der Waals surface area contributed by atoms with Crippen LogP contribution < -0.4 is 9.64 Å². The third-order valence-electron chi connectivity index (χ3n) is 5.30. The zero-order chi connectivity index (χ0) is 22.9. The van der Waals surface area contributed by atoms with E-state index in [0.29, 0.717) is 31.0 Å². The number of aromatic nitrogens is 3. The van der Waals surface area contributed by atoms with E-state index in [0.717, 1.165) is 23.7 Å². The molecule has 0 spiro atoms. The minimum absolute atomic E-state index is 0.0418. The summed E-state index contributed by atoms with van der Waals surface area (Å²) >= 11 is 0. The Kier molecular flexibility index (Phi) is 5.94. The lowest BCUT2D eigenvalue weighted by Gasteiger charge is -2.27. The molecule has 2 aromatic heterocycles. The number of aryl methyl sites for hydroxylation is 1. The number of hydrogen-bond donors (Lipinski definition) is 0. The Labute approximate surface area is 180 Å². The fraction of sp³-hybridized carbons (Fsp3) is 0.318. The summed E-state index contributed by atoms with van der Waals surface area (Å²) in [5.74, 6) is -2.44. The Morgan fingerprint density at radius 3 is 2.59 bits per heavy atom. The van der Waals surface area contributed by atoms with Crippen LogP contribution in [-0.2, 0) is 12.8 Å². The molecule has 1 atom stereocenters. The molecule has 1 fully saturated rings. The van der Waals surface area contributed by atoms with Gasteiger partial charge in [-0.05, 0) is 43.5 Å². The molecule has 4 rings (SSSR count). The minimum atomic E-state index is -4.78. The first-order chi connectivity index (χ1) is 15.2. The first-order valence-corrected chi connectivity index (χ1v) is 9.92. The van der Waals surface area contributed by atoms with Gasteiger partial charge in [-0.3, -0.25) is 4.98 Å². The van der Waals surface area contributed by atoms with Gasteiger partial charge >= 0.3 is 6.18 Å². The van der Waals surface area contributed by atoms with Gasteiger partial charge in [-0.1, -0.05) is 12.1 Å². The highest BCUT2D eigenvalue weighted by atomic mass is 19.4. The number of nitrogens with zero attached hydrogens (tertiary/aromatic N) is 4. The Morgan fingerprint density at radius 1 is 1.09 bits per heavy atom. The van der Waals surface area contributed by atoms with Crippen molar-refractivity contribution in [1.82, 2.24) is 15.0 Å². The van der Waals surface area contributed by atoms with Crippen LogP contribution in [0, 0.1) is 18.6 Å². The lowest BCUT2D eigenvalue weighted by Crippen LogP contribution is -2.25. The van der Waals surface area contributed by atoms with Crippen LogP contribution in [0.15, 0.2) is 42.9 Å². The van der Waals surface area contributed by atoms with Gasteiger partial charge in [0.15, 0.2) is 5.82 Å². The van der Waals surface area contributed by atoms with Crippen molar-refractivity contribution in [3.05, 3.63) is 76.9 Å². The largest absolute Gasteiger partial charge is 0.471 e. The minimum Gasteiger partial charge on any atom is -0.471 e. The van der Waals surface area contributed by atoms with E-state index in [4.69, 9.17) is 4.74 Å². The number of halogens is 5. The van der Waals surface area contributed by atoms with Gasteiger partial charge in [0.25, 0.3) is 5.88 Å². The lowest BCUT2D eigenvalue weighted by molar-refractivity contribution is -0.140. The maximum absolute atomic E-state index is 15.1. The summed E-state index contributed by atoms with van der Waals surface area (Å²) in [6.45, 7) is 2.30. The third-order valence-corrected chi connectivity index (χ3v) is 5.30. The first-order valence-electron chi connectivity index (χ1n) is 9.92. The predicted octanol–water partition coefficient (Wildman–Crippen LogP) is 5.40. The van der Waals surface area contributed by atoms with Gasteiger partial charge in [0, 0.05) is 24.0 Å². The van der Waals surface area contributed by atoms with E-state index >= 15 is 4.39 Å². The normalized spacial score (nSPS) is 16.4. The number of ether oxygens (including phenoxy) is 1. The van der Waals surface area contributed by atoms with E-state index < -0.39 is 29.4 Å². The molecule has 1 unspecified atom stereocenters. The molecule has 1 saturated heterocycles. The molecule has 168 valence electrons. The van der Waals surface area contributed by atoms with Crippen LogP contribution in [-0.4, -0.2) is 21.5 Å². The van der Waals surface area contributed by atoms with Gasteiger partial charge in [-0.15, -0.1) is 0 Å². The zero-order valence-corrected chi connectivity index (χ0v) is 17.0. The van der Waals surface area contributed by atoms with E-state index in [1.54, 1.807) is 23.2 Å². The fourth-order valence-electron chi connectivity index (χ4n) is 3.72. The maximum Gasteiger partial charge on any atom is 0.419 e. The Hall–Kier alpha value is -3.30. The van der Waals surface area contributed by atoms with Gasteiger partial charge in [0.1, 0.15) is 18.8 Å². The monoisotopic (exact) mass is 450 g/mol. The van der Waals surface area contributed by atoms with Crippen LogP contribution in [0.5, 0.6) is 5.88 Å². The first kappa shape index (κ1) is 21.9. The Morgan fingerprint density at radius 2 is 1.91 bits per heavy atom. The van der Waals surface area contributed by atoms with Crippen molar-refractivity contribution < 1.29 is 26.7 Å². The molecule has 32 heavy (non-hydrogen) atoms. The lowest BCUT2D eigenvalue weighted by atomic mass is 10.0. The molecule has 1 aliphatic rings. The van der Waals surface area contributed by atoms with Crippen molar-refractivity contribution in [3.63, 3.8) is 0 Å². The Balaban J connectivity index is 1.57. The second kappa shape index (κ2) is 8.68. The molecular formula is C22H19F5N4O. The van der Waals surface area contributed by atoms with E-state index in [1.165, 1.54) is 6.07 Å². The van der Waals surface area contributed by atoms with E-state index in [9.17, 15) is 17.6 Å². The molecular weight excluding hydrogens is 431 g/mol. The molecule has 3 heterocycles. The average molecular weight is 450 g/mol. The van der Waals surface area contributed by atoms with Crippen molar-refractivity contribution in [2.75, 3.05) is 11.4 Å². The average Bonchev–Trinajstić information content (AvgIpc) is 3.23. The number of hydrogen-bond acceptors (Lipinski definition) is 5. The van der Waals surface area contributed by atoms with Crippen LogP contribution in [0.1, 0.15) is 41.3 Å². The zero-order valence-electron chi connectivity index (χ0n) is 17.0. The van der Waals surface area contributed by atoms with Gasteiger partial charge in [0.05, 0.1) is 11.6 Å². The molecule has 0 bridgehead atoms. The standard InChI is InChI=1S/C22H19F5N4O/c1-13-4-5-14(10-28-13)11-32-21-19(24)20(29-12-30-21)31-8-2-3-18(31)15-6-7-16(17(23)9-15)22(25,26)27/h4-7,9-10,12,18H,2-3,8,11H2,1H3. The highest BCUT2D eigenvalue weighted by molar-refractivity contribution is 5.48. The van der Waals surface area contributed by atoms with Crippen molar-refractivity contribution >= 4 is 5.82 Å². The maximum atomic E-state index is 15.1. The van der Waals surface area contributed by atoms with Gasteiger partial charge in [-0.25, -0.2) is 9.37 Å². The summed E-state index contributed by atoms with van der Waals surface area (Å²) in [5.41, 5.74) is 0.554. The summed E-state index contributed by atoms with van der Waals surface area (Å²) in [7, 11) is 0. The molecule has 5 nitrogen and oxygen atoms in total. The molecule has 10 heteroatoms. The van der Waals surface area contributed by atoms with Crippen molar-refractivity contribution in [3.8, 4) is 5.88 Å². The number of pyridine rings is 1. The van der Waals surface area contributed by atoms with Gasteiger partial charge in [-0.2, -0.15) is 22.5 Å². The van der Waals surface area contributed by atoms with Crippen LogP contribution in [0.2, 0.25) is 0 Å². The van der Waals surface area contributed by atoms with Crippen molar-refractivity contribution in [2.24, 2.45) is 0 Å². The van der Waals surface area contributed by atoms with Crippen molar-refractivity contribution in [2.45, 2.75) is 38.6 Å². The summed E-state index contributed by atoms with van der Waals surface area (Å²) in [6, 6.07) is 5.87. The van der Waals surface area contributed by atoms with E-state index in [1.807, 2.05) is 6.92 Å². The summed E-state index contributed by atoms with van der Waals surface area (Å²) < 4.78 is 73.4. The quantitative estimate of drug-likeness (QED) is 0.488. The van der Waals surface area contributed by atoms with Crippen LogP contribution in [0.25, 0.3) is 0 Å². The molecule has 0 N–H and O–H groups in total. The topological polar surface area (TPSA) is 51.1 Å². The van der Waals surface area contributed by atoms with E-state index in [2.05, 4.69) is 15.0 Å². The van der Waals surface area contributed by atoms with Gasteiger partial charge in [0.2, 0.25) is 5.82 Å². The molecule has 0 radical (unpaired) electrons. The Bertz CT molecular complexity index is 1100. The molecule has 0 aliphatic carbocycles. The van der Waals surface area contributed by atoms with Gasteiger partial charge < -0.3 is 9.64 Å². The van der Waals surface area contributed by atoms with Crippen LogP contribution in [0.4, 0.5) is 27.8 Å². The number of benzene rings is 1.